The van der Waals surface area contributed by atoms with Crippen molar-refractivity contribution in [1.29, 1.82) is 0 Å². The van der Waals surface area contributed by atoms with Gasteiger partial charge < -0.3 is 19.3 Å². The highest BCUT2D eigenvalue weighted by atomic mass is 16.5. The van der Waals surface area contributed by atoms with Gasteiger partial charge in [0, 0.05) is 44.4 Å². The van der Waals surface area contributed by atoms with Gasteiger partial charge >= 0.3 is 0 Å². The molecule has 2 atom stereocenters. The number of hydrogen-bond donors (Lipinski definition) is 1. The molecule has 1 aliphatic rings. The Bertz CT molecular complexity index is 722. The van der Waals surface area contributed by atoms with Crippen molar-refractivity contribution in [3.8, 4) is 0 Å². The van der Waals surface area contributed by atoms with E-state index >= 15 is 0 Å². The van der Waals surface area contributed by atoms with Gasteiger partial charge in [0.2, 0.25) is 5.89 Å². The maximum absolute atomic E-state index is 5.32. The Balaban J connectivity index is 1.63. The number of nitrogens with zero attached hydrogens (tertiary/aromatic N) is 6. The maximum Gasteiger partial charge on any atom is 0.228 e. The zero-order chi connectivity index (χ0) is 19.2. The molecule has 3 rings (SSSR count). The van der Waals surface area contributed by atoms with E-state index < -0.39 is 0 Å². The lowest BCUT2D eigenvalue weighted by atomic mass is 9.93. The summed E-state index contributed by atoms with van der Waals surface area (Å²) >= 11 is 0. The molecule has 8 nitrogen and oxygen atoms in total. The summed E-state index contributed by atoms with van der Waals surface area (Å²) in [6, 6.07) is 0.412. The Morgan fingerprint density at radius 2 is 2.30 bits per heavy atom. The number of guanidine groups is 1. The topological polar surface area (TPSA) is 84.4 Å². The number of rotatable bonds is 6. The first-order chi connectivity index (χ1) is 13.1. The van der Waals surface area contributed by atoms with E-state index in [9.17, 15) is 0 Å². The minimum atomic E-state index is 0.277. The predicted octanol–water partition coefficient (Wildman–Crippen LogP) is 2.48. The van der Waals surface area contributed by atoms with Crippen LogP contribution in [0.15, 0.2) is 28.2 Å². The second-order valence-electron chi connectivity index (χ2n) is 7.48. The maximum atomic E-state index is 5.32. The smallest absolute Gasteiger partial charge is 0.228 e. The van der Waals surface area contributed by atoms with Gasteiger partial charge in [-0.3, -0.25) is 4.99 Å². The van der Waals surface area contributed by atoms with Crippen LogP contribution in [0, 0.1) is 5.92 Å². The zero-order valence-electron chi connectivity index (χ0n) is 16.8. The first kappa shape index (κ1) is 19.4. The average molecular weight is 374 g/mol. The third-order valence-electron chi connectivity index (χ3n) is 5.05. The summed E-state index contributed by atoms with van der Waals surface area (Å²) in [4.78, 5) is 15.8. The van der Waals surface area contributed by atoms with E-state index in [-0.39, 0.29) is 5.92 Å². The molecular formula is C19H31N7O. The van der Waals surface area contributed by atoms with Gasteiger partial charge in [-0.2, -0.15) is 4.98 Å². The van der Waals surface area contributed by atoms with Gasteiger partial charge in [0.25, 0.3) is 0 Å². The fourth-order valence-electron chi connectivity index (χ4n) is 3.38. The number of likely N-dealkylation sites (tertiary alicyclic amines) is 1. The first-order valence-corrected chi connectivity index (χ1v) is 9.91. The molecule has 3 heterocycles. The van der Waals surface area contributed by atoms with Crippen molar-refractivity contribution in [3.05, 3.63) is 30.4 Å². The van der Waals surface area contributed by atoms with Crippen molar-refractivity contribution >= 4 is 5.96 Å². The molecule has 2 unspecified atom stereocenters. The highest BCUT2D eigenvalue weighted by molar-refractivity contribution is 5.80. The molecule has 8 heteroatoms. The Morgan fingerprint density at radius 3 is 2.96 bits per heavy atom. The van der Waals surface area contributed by atoms with Gasteiger partial charge in [0.15, 0.2) is 11.8 Å². The molecule has 0 bridgehead atoms. The van der Waals surface area contributed by atoms with Crippen molar-refractivity contribution in [3.63, 3.8) is 0 Å². The average Bonchev–Trinajstić information content (AvgIpc) is 3.33. The molecule has 27 heavy (non-hydrogen) atoms. The van der Waals surface area contributed by atoms with Gasteiger partial charge in [0.05, 0.1) is 18.9 Å². The summed E-state index contributed by atoms with van der Waals surface area (Å²) in [5, 5.41) is 7.44. The van der Waals surface area contributed by atoms with E-state index in [4.69, 9.17) is 9.52 Å². The summed E-state index contributed by atoms with van der Waals surface area (Å²) in [6.07, 6.45) is 7.60. The van der Waals surface area contributed by atoms with Crippen molar-refractivity contribution in [1.82, 2.24) is 29.9 Å². The summed E-state index contributed by atoms with van der Waals surface area (Å²) in [5.74, 6) is 3.26. The Labute approximate surface area is 161 Å². The number of imidazole rings is 1. The van der Waals surface area contributed by atoms with Crippen LogP contribution >= 0.6 is 0 Å². The number of nitrogens with one attached hydrogen (secondary N) is 1. The SMILES string of the molecule is CCNC(=NCCc1nc(C(C)C)no1)N1CCC(C)C(n2ccnc2)C1. The van der Waals surface area contributed by atoms with Crippen molar-refractivity contribution < 1.29 is 4.52 Å². The number of piperidine rings is 1. The van der Waals surface area contributed by atoms with Gasteiger partial charge in [0.1, 0.15) is 0 Å². The van der Waals surface area contributed by atoms with Crippen molar-refractivity contribution in [2.24, 2.45) is 10.9 Å². The molecule has 0 amide bonds. The van der Waals surface area contributed by atoms with E-state index in [2.05, 4.69) is 63.8 Å². The van der Waals surface area contributed by atoms with E-state index in [1.54, 1.807) is 0 Å². The lowest BCUT2D eigenvalue weighted by Crippen LogP contribution is -2.49. The first-order valence-electron chi connectivity index (χ1n) is 9.91. The normalized spacial score (nSPS) is 21.1. The Morgan fingerprint density at radius 1 is 1.44 bits per heavy atom. The summed E-state index contributed by atoms with van der Waals surface area (Å²) in [6.45, 7) is 11.9. The highest BCUT2D eigenvalue weighted by Gasteiger charge is 2.28. The van der Waals surface area contributed by atoms with Crippen LogP contribution < -0.4 is 5.32 Å². The number of hydrogen-bond acceptors (Lipinski definition) is 5. The fraction of sp³-hybridized carbons (Fsp3) is 0.684. The third-order valence-corrected chi connectivity index (χ3v) is 5.05. The van der Waals surface area contributed by atoms with Crippen LogP contribution in [-0.2, 0) is 6.42 Å². The lowest BCUT2D eigenvalue weighted by molar-refractivity contribution is 0.189. The Hall–Kier alpha value is -2.38. The molecule has 1 saturated heterocycles. The summed E-state index contributed by atoms with van der Waals surface area (Å²) in [5.41, 5.74) is 0. The van der Waals surface area contributed by atoms with Crippen LogP contribution in [0.5, 0.6) is 0 Å². The quantitative estimate of drug-likeness (QED) is 0.619. The van der Waals surface area contributed by atoms with Gasteiger partial charge in [-0.15, -0.1) is 0 Å². The highest BCUT2D eigenvalue weighted by Crippen LogP contribution is 2.27. The van der Waals surface area contributed by atoms with Crippen LogP contribution in [0.3, 0.4) is 0 Å². The molecule has 0 radical (unpaired) electrons. The molecule has 148 valence electrons. The number of aliphatic imine (C=N–C) groups is 1. The molecule has 0 aliphatic carbocycles. The van der Waals surface area contributed by atoms with Crippen molar-refractivity contribution in [2.75, 3.05) is 26.2 Å². The Kier molecular flexibility index (Phi) is 6.47. The van der Waals surface area contributed by atoms with Crippen LogP contribution in [0.25, 0.3) is 0 Å². The second-order valence-corrected chi connectivity index (χ2v) is 7.48. The van der Waals surface area contributed by atoms with Crippen molar-refractivity contribution in [2.45, 2.75) is 52.5 Å². The second kappa shape index (κ2) is 9.01. The molecule has 1 fully saturated rings. The minimum Gasteiger partial charge on any atom is -0.357 e. The largest absolute Gasteiger partial charge is 0.357 e. The lowest BCUT2D eigenvalue weighted by Gasteiger charge is -2.39. The third kappa shape index (κ3) is 4.87. The van der Waals surface area contributed by atoms with Gasteiger partial charge in [-0.1, -0.05) is 25.9 Å². The molecule has 0 spiro atoms. The van der Waals surface area contributed by atoms with E-state index in [0.717, 1.165) is 37.8 Å². The molecule has 2 aromatic rings. The molecule has 2 aromatic heterocycles. The summed E-state index contributed by atoms with van der Waals surface area (Å²) < 4.78 is 7.53. The molecule has 0 aromatic carbocycles. The fourth-order valence-corrected chi connectivity index (χ4v) is 3.38. The monoisotopic (exact) mass is 373 g/mol. The zero-order valence-corrected chi connectivity index (χ0v) is 16.8. The van der Waals surface area contributed by atoms with Crippen LogP contribution in [0.1, 0.15) is 57.8 Å². The standard InChI is InChI=1S/C19H31N7O/c1-5-21-19(22-8-6-17-23-18(14(2)3)24-27-17)25-10-7-15(4)16(12-25)26-11-9-20-13-26/h9,11,13-16H,5-8,10,12H2,1-4H3,(H,21,22). The van der Waals surface area contributed by atoms with Gasteiger partial charge in [-0.05, 0) is 19.3 Å². The van der Waals surface area contributed by atoms with Crippen LogP contribution in [0.2, 0.25) is 0 Å². The molecular weight excluding hydrogens is 342 g/mol. The molecule has 1 aliphatic heterocycles. The molecule has 0 saturated carbocycles. The molecule has 1 N–H and O–H groups in total. The van der Waals surface area contributed by atoms with Crippen LogP contribution in [-0.4, -0.2) is 56.7 Å². The van der Waals surface area contributed by atoms with E-state index in [1.165, 1.54) is 0 Å². The summed E-state index contributed by atoms with van der Waals surface area (Å²) in [7, 11) is 0. The van der Waals surface area contributed by atoms with Gasteiger partial charge in [-0.25, -0.2) is 4.98 Å². The van der Waals surface area contributed by atoms with E-state index in [0.29, 0.717) is 30.8 Å². The van der Waals surface area contributed by atoms with E-state index in [1.807, 2.05) is 12.5 Å². The number of aromatic nitrogens is 4. The van der Waals surface area contributed by atoms with Crippen LogP contribution in [0.4, 0.5) is 0 Å². The minimum absolute atomic E-state index is 0.277. The predicted molar refractivity (Wildman–Crippen MR) is 105 cm³/mol.